The molecule has 31 heavy (non-hydrogen) atoms. The zero-order chi connectivity index (χ0) is 22.9. The lowest BCUT2D eigenvalue weighted by atomic mass is 10.2. The van der Waals surface area contributed by atoms with Crippen LogP contribution in [0.5, 0.6) is 11.5 Å². The van der Waals surface area contributed by atoms with Crippen molar-refractivity contribution >= 4 is 27.5 Å². The van der Waals surface area contributed by atoms with Crippen LogP contribution in [0.4, 0.5) is 27.6 Å². The quantitative estimate of drug-likeness (QED) is 0.459. The summed E-state index contributed by atoms with van der Waals surface area (Å²) in [5.74, 6) is -0.947. The number of hydrogen-bond acceptors (Lipinski definition) is 4. The molecule has 1 fully saturated rings. The topological polar surface area (TPSA) is 65.4 Å². The Morgan fingerprint density at radius 1 is 1.32 bits per heavy atom. The normalized spacial score (nSPS) is 15.1. The molecule has 1 aliphatic carbocycles. The molecule has 1 aliphatic rings. The highest BCUT2D eigenvalue weighted by Gasteiger charge is 2.43. The third kappa shape index (κ3) is 5.28. The number of carbonyl (C=O) groups is 1. The number of halogens is 6. The van der Waals surface area contributed by atoms with E-state index in [0.717, 1.165) is 4.68 Å². The van der Waals surface area contributed by atoms with Crippen molar-refractivity contribution < 1.29 is 36.2 Å². The van der Waals surface area contributed by atoms with Crippen LogP contribution in [0.1, 0.15) is 50.0 Å². The first-order valence-corrected chi connectivity index (χ1v) is 10.2. The molecule has 1 amide bonds. The maximum absolute atomic E-state index is 13.3. The Morgan fingerprint density at radius 2 is 2.00 bits per heavy atom. The van der Waals surface area contributed by atoms with Crippen LogP contribution in [0.15, 0.2) is 22.7 Å². The molecule has 1 aromatic heterocycles. The smallest absolute Gasteiger partial charge is 0.436 e. The average molecular weight is 512 g/mol. The van der Waals surface area contributed by atoms with Gasteiger partial charge >= 0.3 is 12.8 Å². The van der Waals surface area contributed by atoms with Gasteiger partial charge in [-0.05, 0) is 54.8 Å². The number of nitrogens with zero attached hydrogens (tertiary/aromatic N) is 2. The minimum Gasteiger partial charge on any atom is -0.490 e. The van der Waals surface area contributed by atoms with Crippen LogP contribution in [0.25, 0.3) is 0 Å². The van der Waals surface area contributed by atoms with E-state index in [1.807, 2.05) is 0 Å². The summed E-state index contributed by atoms with van der Waals surface area (Å²) in [6, 6.07) is 2.77. The van der Waals surface area contributed by atoms with Crippen molar-refractivity contribution in [2.75, 3.05) is 11.9 Å². The Morgan fingerprint density at radius 3 is 2.55 bits per heavy atom. The third-order valence-corrected chi connectivity index (χ3v) is 5.38. The summed E-state index contributed by atoms with van der Waals surface area (Å²) >= 11 is 2.99. The summed E-state index contributed by atoms with van der Waals surface area (Å²) in [5.41, 5.74) is -0.552. The van der Waals surface area contributed by atoms with Crippen molar-refractivity contribution in [3.05, 3.63) is 34.1 Å². The van der Waals surface area contributed by atoms with E-state index in [0.29, 0.717) is 18.5 Å². The summed E-state index contributed by atoms with van der Waals surface area (Å²) in [4.78, 5) is 12.7. The molecule has 1 saturated carbocycles. The van der Waals surface area contributed by atoms with Gasteiger partial charge in [0.05, 0.1) is 16.8 Å². The van der Waals surface area contributed by atoms with E-state index >= 15 is 0 Å². The Hall–Kier alpha value is -2.37. The number of aromatic nitrogens is 2. The highest BCUT2D eigenvalue weighted by Crippen LogP contribution is 2.47. The first kappa shape index (κ1) is 23.3. The standard InChI is InChI=1S/C19H19BrF5N3O3/c1-3-30-13-8-11(6-7-12(13)31-18(21)22)26-17(29)9(2)28-15(10-4-5-10)14(20)16(27-28)19(23,24)25/h6-10,18H,3-5H2,1-2H3,(H,26,29). The maximum atomic E-state index is 13.3. The molecule has 1 aromatic carbocycles. The maximum Gasteiger partial charge on any atom is 0.436 e. The molecular formula is C19H19BrF5N3O3. The molecule has 0 saturated heterocycles. The first-order valence-electron chi connectivity index (χ1n) is 9.40. The van der Waals surface area contributed by atoms with Crippen LogP contribution in [0.2, 0.25) is 0 Å². The number of benzene rings is 1. The van der Waals surface area contributed by atoms with E-state index in [4.69, 9.17) is 4.74 Å². The fourth-order valence-electron chi connectivity index (χ4n) is 3.03. The first-order chi connectivity index (χ1) is 14.5. The van der Waals surface area contributed by atoms with E-state index in [1.54, 1.807) is 6.92 Å². The van der Waals surface area contributed by atoms with E-state index in [1.165, 1.54) is 25.1 Å². The van der Waals surface area contributed by atoms with Gasteiger partial charge in [-0.2, -0.15) is 27.1 Å². The van der Waals surface area contributed by atoms with Gasteiger partial charge < -0.3 is 14.8 Å². The Labute approximate surface area is 182 Å². The van der Waals surface area contributed by atoms with Crippen molar-refractivity contribution in [1.29, 1.82) is 0 Å². The molecule has 0 spiro atoms. The van der Waals surface area contributed by atoms with Gasteiger partial charge in [-0.15, -0.1) is 0 Å². The number of hydrogen-bond donors (Lipinski definition) is 1. The van der Waals surface area contributed by atoms with Crippen molar-refractivity contribution in [3.63, 3.8) is 0 Å². The van der Waals surface area contributed by atoms with Crippen molar-refractivity contribution in [1.82, 2.24) is 9.78 Å². The van der Waals surface area contributed by atoms with Crippen LogP contribution in [-0.4, -0.2) is 28.9 Å². The number of anilines is 1. The monoisotopic (exact) mass is 511 g/mol. The molecule has 170 valence electrons. The predicted octanol–water partition coefficient (Wildman–Crippen LogP) is 5.74. The van der Waals surface area contributed by atoms with Gasteiger partial charge in [-0.1, -0.05) is 0 Å². The van der Waals surface area contributed by atoms with Gasteiger partial charge in [0.1, 0.15) is 6.04 Å². The van der Waals surface area contributed by atoms with Crippen LogP contribution in [-0.2, 0) is 11.0 Å². The van der Waals surface area contributed by atoms with E-state index < -0.39 is 30.4 Å². The fraction of sp³-hybridized carbons (Fsp3) is 0.474. The molecule has 12 heteroatoms. The lowest BCUT2D eigenvalue weighted by Crippen LogP contribution is -2.26. The SMILES string of the molecule is CCOc1cc(NC(=O)C(C)n2nc(C(F)(F)F)c(Br)c2C2CC2)ccc1OC(F)F. The zero-order valence-corrected chi connectivity index (χ0v) is 18.1. The summed E-state index contributed by atoms with van der Waals surface area (Å²) in [6.45, 7) is 0.187. The van der Waals surface area contributed by atoms with Gasteiger partial charge in [0.15, 0.2) is 17.2 Å². The number of ether oxygens (including phenoxy) is 2. The van der Waals surface area contributed by atoms with Gasteiger partial charge in [0.25, 0.3) is 0 Å². The van der Waals surface area contributed by atoms with Crippen LogP contribution in [0, 0.1) is 0 Å². The summed E-state index contributed by atoms with van der Waals surface area (Å²) in [6.07, 6.45) is -3.25. The molecular weight excluding hydrogens is 493 g/mol. The minimum atomic E-state index is -4.67. The fourth-order valence-corrected chi connectivity index (χ4v) is 3.84. The highest BCUT2D eigenvalue weighted by atomic mass is 79.9. The van der Waals surface area contributed by atoms with E-state index in [2.05, 4.69) is 31.1 Å². The largest absolute Gasteiger partial charge is 0.490 e. The van der Waals surface area contributed by atoms with Gasteiger partial charge in [0.2, 0.25) is 5.91 Å². The number of rotatable bonds is 8. The highest BCUT2D eigenvalue weighted by molar-refractivity contribution is 9.10. The Bertz CT molecular complexity index is 960. The molecule has 1 heterocycles. The molecule has 2 aromatic rings. The summed E-state index contributed by atoms with van der Waals surface area (Å²) < 4.78 is 75.5. The lowest BCUT2D eigenvalue weighted by Gasteiger charge is -2.17. The summed E-state index contributed by atoms with van der Waals surface area (Å²) in [7, 11) is 0. The van der Waals surface area contributed by atoms with Crippen molar-refractivity contribution in [2.24, 2.45) is 0 Å². The second-order valence-corrected chi connectivity index (χ2v) is 7.70. The van der Waals surface area contributed by atoms with Crippen LogP contribution < -0.4 is 14.8 Å². The van der Waals surface area contributed by atoms with Gasteiger partial charge in [-0.25, -0.2) is 0 Å². The second-order valence-electron chi connectivity index (χ2n) is 6.90. The Balaban J connectivity index is 1.85. The Kier molecular flexibility index (Phi) is 6.77. The molecule has 1 atom stereocenters. The molecule has 1 N–H and O–H groups in total. The lowest BCUT2D eigenvalue weighted by molar-refractivity contribution is -0.142. The number of nitrogens with one attached hydrogen (secondary N) is 1. The molecule has 0 bridgehead atoms. The van der Waals surface area contributed by atoms with Gasteiger partial charge in [-0.3, -0.25) is 9.48 Å². The van der Waals surface area contributed by atoms with Gasteiger partial charge in [0, 0.05) is 17.7 Å². The molecule has 6 nitrogen and oxygen atoms in total. The zero-order valence-electron chi connectivity index (χ0n) is 16.5. The van der Waals surface area contributed by atoms with Crippen molar-refractivity contribution in [2.45, 2.75) is 51.4 Å². The number of carbonyl (C=O) groups excluding carboxylic acids is 1. The molecule has 3 rings (SSSR count). The average Bonchev–Trinajstić information content (AvgIpc) is 3.44. The molecule has 0 radical (unpaired) electrons. The second kappa shape index (κ2) is 9.01. The number of alkyl halides is 5. The van der Waals surface area contributed by atoms with Crippen LogP contribution in [0.3, 0.4) is 0 Å². The molecule has 0 aliphatic heterocycles. The van der Waals surface area contributed by atoms with Crippen molar-refractivity contribution in [3.8, 4) is 11.5 Å². The summed E-state index contributed by atoms with van der Waals surface area (Å²) in [5, 5.41) is 6.21. The molecule has 1 unspecified atom stereocenters. The van der Waals surface area contributed by atoms with Crippen LogP contribution >= 0.6 is 15.9 Å². The predicted molar refractivity (Wildman–Crippen MR) is 104 cm³/mol. The number of amides is 1. The van der Waals surface area contributed by atoms with E-state index in [-0.39, 0.29) is 34.2 Å². The third-order valence-electron chi connectivity index (χ3n) is 4.59. The minimum absolute atomic E-state index is 0.00638. The van der Waals surface area contributed by atoms with E-state index in [9.17, 15) is 26.7 Å².